The van der Waals surface area contributed by atoms with E-state index in [1.807, 2.05) is 6.07 Å². The van der Waals surface area contributed by atoms with Gasteiger partial charge in [-0.2, -0.15) is 0 Å². The zero-order valence-corrected chi connectivity index (χ0v) is 12.2. The molecule has 7 heteroatoms. The minimum atomic E-state index is -1.84. The first-order valence-corrected chi connectivity index (χ1v) is 7.04. The molecule has 1 amide bonds. The largest absolute Gasteiger partial charge is 0.394 e. The predicted molar refractivity (Wildman–Crippen MR) is 76.7 cm³/mol. The van der Waals surface area contributed by atoms with Crippen molar-refractivity contribution in [3.05, 3.63) is 35.9 Å². The van der Waals surface area contributed by atoms with E-state index in [9.17, 15) is 25.2 Å². The summed E-state index contributed by atoms with van der Waals surface area (Å²) in [6.45, 7) is 0.651. The molecule has 1 aliphatic heterocycles. The molecule has 0 aliphatic carbocycles. The van der Waals surface area contributed by atoms with Crippen LogP contribution in [0.1, 0.15) is 12.5 Å². The van der Waals surface area contributed by atoms with Gasteiger partial charge in [0.25, 0.3) is 0 Å². The molecule has 0 bridgehead atoms. The van der Waals surface area contributed by atoms with Gasteiger partial charge in [0, 0.05) is 13.3 Å². The molecule has 0 saturated carbocycles. The molecule has 1 aromatic carbocycles. The van der Waals surface area contributed by atoms with Crippen LogP contribution in [0, 0.1) is 0 Å². The summed E-state index contributed by atoms with van der Waals surface area (Å²) >= 11 is 0. The average molecular weight is 311 g/mol. The van der Waals surface area contributed by atoms with Gasteiger partial charge in [-0.15, -0.1) is 0 Å². The van der Waals surface area contributed by atoms with Gasteiger partial charge in [-0.1, -0.05) is 30.3 Å². The lowest BCUT2D eigenvalue weighted by molar-refractivity contribution is -0.292. The molecule has 0 spiro atoms. The molecule has 1 aromatic rings. The van der Waals surface area contributed by atoms with E-state index >= 15 is 0 Å². The van der Waals surface area contributed by atoms with E-state index in [0.29, 0.717) is 0 Å². The van der Waals surface area contributed by atoms with Crippen LogP contribution in [-0.4, -0.2) is 63.1 Å². The number of amides is 1. The number of carbonyl (C=O) groups excluding carboxylic acids is 1. The topological polar surface area (TPSA) is 119 Å². The van der Waals surface area contributed by atoms with Gasteiger partial charge in [-0.05, 0) is 5.56 Å². The maximum absolute atomic E-state index is 11.2. The first kappa shape index (κ1) is 16.9. The number of nitrogens with one attached hydrogen (secondary N) is 1. The Morgan fingerprint density at radius 2 is 1.95 bits per heavy atom. The van der Waals surface area contributed by atoms with Crippen LogP contribution in [0.25, 0.3) is 0 Å². The summed E-state index contributed by atoms with van der Waals surface area (Å²) in [5.74, 6) is -0.476. The van der Waals surface area contributed by atoms with Gasteiger partial charge < -0.3 is 30.5 Å². The Balaban J connectivity index is 2.29. The van der Waals surface area contributed by atoms with Crippen LogP contribution < -0.4 is 5.32 Å². The van der Waals surface area contributed by atoms with Crippen molar-refractivity contribution in [3.8, 4) is 0 Å². The predicted octanol–water partition coefficient (Wildman–Crippen LogP) is -1.46. The number of rotatable bonds is 4. The Morgan fingerprint density at radius 1 is 1.32 bits per heavy atom. The minimum absolute atomic E-state index is 0.00301. The summed E-state index contributed by atoms with van der Waals surface area (Å²) in [5, 5.41) is 43.0. The molecule has 2 rings (SSSR count). The van der Waals surface area contributed by atoms with Crippen LogP contribution in [-0.2, 0) is 16.0 Å². The number of ether oxygens (including phenoxy) is 1. The van der Waals surface area contributed by atoms with E-state index in [4.69, 9.17) is 4.74 Å². The summed E-state index contributed by atoms with van der Waals surface area (Å²) in [5.41, 5.74) is -1.12. The fraction of sp³-hybridized carbons (Fsp3) is 0.533. The highest BCUT2D eigenvalue weighted by molar-refractivity contribution is 5.73. The molecule has 0 aromatic heterocycles. The van der Waals surface area contributed by atoms with Crippen molar-refractivity contribution in [2.24, 2.45) is 0 Å². The molecule has 1 heterocycles. The number of benzene rings is 1. The van der Waals surface area contributed by atoms with E-state index < -0.39 is 42.7 Å². The molecule has 122 valence electrons. The lowest BCUT2D eigenvalue weighted by Gasteiger charge is -2.48. The van der Waals surface area contributed by atoms with Gasteiger partial charge in [-0.25, -0.2) is 0 Å². The lowest BCUT2D eigenvalue weighted by atomic mass is 9.78. The Hall–Kier alpha value is -1.51. The summed E-state index contributed by atoms with van der Waals surface area (Å²) in [7, 11) is 0. The quantitative estimate of drug-likeness (QED) is 0.463. The fourth-order valence-corrected chi connectivity index (χ4v) is 2.76. The zero-order chi connectivity index (χ0) is 16.3. The summed E-state index contributed by atoms with van der Waals surface area (Å²) in [6, 6.07) is 7.71. The molecular formula is C15H21NO6. The molecule has 0 unspecified atom stereocenters. The van der Waals surface area contributed by atoms with Crippen molar-refractivity contribution in [1.29, 1.82) is 0 Å². The van der Waals surface area contributed by atoms with Gasteiger partial charge in [0.15, 0.2) is 6.29 Å². The van der Waals surface area contributed by atoms with Gasteiger partial charge in [0.1, 0.15) is 23.9 Å². The normalized spacial score (nSPS) is 35.1. The number of hydrogen-bond donors (Lipinski definition) is 5. The highest BCUT2D eigenvalue weighted by atomic mass is 16.6. The molecule has 1 fully saturated rings. The highest BCUT2D eigenvalue weighted by Gasteiger charge is 2.54. The fourth-order valence-electron chi connectivity index (χ4n) is 2.76. The number of carbonyl (C=O) groups is 1. The second-order valence-corrected chi connectivity index (χ2v) is 5.52. The van der Waals surface area contributed by atoms with Crippen LogP contribution in [0.4, 0.5) is 0 Å². The van der Waals surface area contributed by atoms with E-state index in [1.165, 1.54) is 6.92 Å². The maximum Gasteiger partial charge on any atom is 0.217 e. The van der Waals surface area contributed by atoms with Crippen molar-refractivity contribution in [2.75, 3.05) is 6.61 Å². The Kier molecular flexibility index (Phi) is 5.15. The van der Waals surface area contributed by atoms with Crippen LogP contribution in [0.5, 0.6) is 0 Å². The lowest BCUT2D eigenvalue weighted by Crippen LogP contribution is -2.71. The monoisotopic (exact) mass is 311 g/mol. The highest BCUT2D eigenvalue weighted by Crippen LogP contribution is 2.32. The second-order valence-electron chi connectivity index (χ2n) is 5.52. The Labute approximate surface area is 128 Å². The van der Waals surface area contributed by atoms with Crippen molar-refractivity contribution in [1.82, 2.24) is 5.32 Å². The van der Waals surface area contributed by atoms with Crippen LogP contribution in [0.15, 0.2) is 30.3 Å². The van der Waals surface area contributed by atoms with E-state index in [-0.39, 0.29) is 6.42 Å². The summed E-state index contributed by atoms with van der Waals surface area (Å²) in [4.78, 5) is 11.2. The molecule has 0 radical (unpaired) electrons. The number of aliphatic hydroxyl groups is 4. The van der Waals surface area contributed by atoms with Crippen LogP contribution in [0.3, 0.4) is 0 Å². The van der Waals surface area contributed by atoms with Crippen LogP contribution in [0.2, 0.25) is 0 Å². The van der Waals surface area contributed by atoms with Crippen molar-refractivity contribution < 1.29 is 30.0 Å². The molecule has 22 heavy (non-hydrogen) atoms. The van der Waals surface area contributed by atoms with E-state index in [1.54, 1.807) is 24.3 Å². The van der Waals surface area contributed by atoms with Gasteiger partial charge in [-0.3, -0.25) is 4.79 Å². The third kappa shape index (κ3) is 3.29. The van der Waals surface area contributed by atoms with Gasteiger partial charge in [0.05, 0.1) is 6.61 Å². The molecule has 7 nitrogen and oxygen atoms in total. The SMILES string of the molecule is CC(=O)N[C@H]1[C@@H](O)[C@@](O)(Cc2ccccc2)[C@@H](CO)O[C@@H]1O. The number of aliphatic hydroxyl groups excluding tert-OH is 3. The van der Waals surface area contributed by atoms with Crippen molar-refractivity contribution in [3.63, 3.8) is 0 Å². The molecule has 5 N–H and O–H groups in total. The van der Waals surface area contributed by atoms with Crippen LogP contribution >= 0.6 is 0 Å². The standard InChI is InChI=1S/C15H21NO6/c1-9(18)16-12-13(19)15(21,11(8-17)22-14(12)20)7-10-5-3-2-4-6-10/h2-6,11-14,17,19-21H,7-8H2,1H3,(H,16,18)/t11-,12+,13-,14+,15-/m1/s1. The smallest absolute Gasteiger partial charge is 0.217 e. The zero-order valence-electron chi connectivity index (χ0n) is 12.2. The van der Waals surface area contributed by atoms with Gasteiger partial charge >= 0.3 is 0 Å². The van der Waals surface area contributed by atoms with E-state index in [0.717, 1.165) is 5.56 Å². The summed E-state index contributed by atoms with van der Waals surface area (Å²) in [6.07, 6.45) is -4.20. The summed E-state index contributed by atoms with van der Waals surface area (Å²) < 4.78 is 5.19. The minimum Gasteiger partial charge on any atom is -0.394 e. The first-order valence-electron chi connectivity index (χ1n) is 7.04. The van der Waals surface area contributed by atoms with E-state index in [2.05, 4.69) is 5.32 Å². The van der Waals surface area contributed by atoms with Gasteiger partial charge in [0.2, 0.25) is 5.91 Å². The first-order chi connectivity index (χ1) is 10.4. The molecule has 1 saturated heterocycles. The third-order valence-electron chi connectivity index (χ3n) is 3.89. The number of hydrogen-bond acceptors (Lipinski definition) is 6. The second kappa shape index (κ2) is 6.72. The maximum atomic E-state index is 11.2. The average Bonchev–Trinajstić information content (AvgIpc) is 2.48. The molecule has 5 atom stereocenters. The Morgan fingerprint density at radius 3 is 2.50 bits per heavy atom. The van der Waals surface area contributed by atoms with Crippen molar-refractivity contribution >= 4 is 5.91 Å². The molecular weight excluding hydrogens is 290 g/mol. The van der Waals surface area contributed by atoms with Crippen molar-refractivity contribution in [2.45, 2.75) is 43.5 Å². The molecule has 1 aliphatic rings. The Bertz CT molecular complexity index is 510. The third-order valence-corrected chi connectivity index (χ3v) is 3.89.